The second-order valence-electron chi connectivity index (χ2n) is 4.20. The number of aryl methyl sites for hydroxylation is 1. The van der Waals surface area contributed by atoms with Gasteiger partial charge in [-0.1, -0.05) is 36.7 Å². The summed E-state index contributed by atoms with van der Waals surface area (Å²) in [5, 5.41) is 0.910. The molecule has 2 aromatic rings. The minimum absolute atomic E-state index is 0.165. The van der Waals surface area contributed by atoms with Gasteiger partial charge in [-0.3, -0.25) is 9.59 Å². The van der Waals surface area contributed by atoms with E-state index >= 15 is 0 Å². The number of rotatable bonds is 5. The number of H-pyrrole nitrogens is 1. The van der Waals surface area contributed by atoms with Crippen molar-refractivity contribution < 1.29 is 4.79 Å². The Morgan fingerprint density at radius 2 is 2.20 bits per heavy atom. The summed E-state index contributed by atoms with van der Waals surface area (Å²) in [6, 6.07) is 6.61. The van der Waals surface area contributed by atoms with Crippen LogP contribution in [0.5, 0.6) is 0 Å². The van der Waals surface area contributed by atoms with E-state index in [1.807, 2.05) is 6.92 Å². The largest absolute Gasteiger partial charge is 0.301 e. The summed E-state index contributed by atoms with van der Waals surface area (Å²) in [6.07, 6.45) is 2.40. The van der Waals surface area contributed by atoms with Crippen molar-refractivity contribution in [3.05, 3.63) is 50.9 Å². The van der Waals surface area contributed by atoms with Crippen molar-refractivity contribution in [2.45, 2.75) is 29.8 Å². The van der Waals surface area contributed by atoms with Gasteiger partial charge < -0.3 is 4.98 Å². The van der Waals surface area contributed by atoms with E-state index in [4.69, 9.17) is 11.6 Å². The minimum atomic E-state index is -0.165. The van der Waals surface area contributed by atoms with Crippen LogP contribution in [0.15, 0.2) is 39.1 Å². The molecule has 0 radical (unpaired) electrons. The maximum atomic E-state index is 11.6. The van der Waals surface area contributed by atoms with E-state index < -0.39 is 0 Å². The quantitative estimate of drug-likeness (QED) is 0.679. The summed E-state index contributed by atoms with van der Waals surface area (Å²) >= 11 is 7.28. The topological polar surface area (TPSA) is 62.8 Å². The van der Waals surface area contributed by atoms with Crippen LogP contribution >= 0.6 is 23.4 Å². The lowest BCUT2D eigenvalue weighted by atomic mass is 10.2. The second kappa shape index (κ2) is 6.72. The van der Waals surface area contributed by atoms with Crippen LogP contribution in [0, 0.1) is 0 Å². The molecule has 0 aliphatic heterocycles. The van der Waals surface area contributed by atoms with E-state index in [2.05, 4.69) is 9.97 Å². The normalized spacial score (nSPS) is 10.5. The molecule has 0 saturated heterocycles. The van der Waals surface area contributed by atoms with Gasteiger partial charge in [0.15, 0.2) is 11.4 Å². The van der Waals surface area contributed by atoms with E-state index in [9.17, 15) is 9.59 Å². The predicted molar refractivity (Wildman–Crippen MR) is 79.8 cm³/mol. The van der Waals surface area contributed by atoms with Crippen LogP contribution in [-0.4, -0.2) is 16.3 Å². The highest BCUT2D eigenvalue weighted by molar-refractivity contribution is 7.99. The first-order valence-corrected chi connectivity index (χ1v) is 7.34. The Bertz CT molecular complexity index is 685. The third-order valence-electron chi connectivity index (χ3n) is 2.59. The number of nitrogens with zero attached hydrogens (tertiary/aromatic N) is 1. The van der Waals surface area contributed by atoms with Gasteiger partial charge in [-0.2, -0.15) is 0 Å². The second-order valence-corrected chi connectivity index (χ2v) is 5.66. The molecule has 0 amide bonds. The molecule has 1 aromatic carbocycles. The van der Waals surface area contributed by atoms with E-state index in [1.54, 1.807) is 18.2 Å². The number of aromatic nitrogens is 2. The molecule has 1 aromatic heterocycles. The summed E-state index contributed by atoms with van der Waals surface area (Å²) in [6.45, 7) is 2.04. The fraction of sp³-hybridized carbons (Fsp3) is 0.214. The van der Waals surface area contributed by atoms with E-state index in [0.29, 0.717) is 22.0 Å². The van der Waals surface area contributed by atoms with Gasteiger partial charge >= 0.3 is 0 Å². The van der Waals surface area contributed by atoms with Gasteiger partial charge in [0.25, 0.3) is 5.56 Å². The molecule has 20 heavy (non-hydrogen) atoms. The van der Waals surface area contributed by atoms with Gasteiger partial charge in [-0.15, -0.1) is 0 Å². The first-order chi connectivity index (χ1) is 9.62. The molecule has 0 unspecified atom stereocenters. The average molecular weight is 309 g/mol. The van der Waals surface area contributed by atoms with Crippen molar-refractivity contribution in [2.75, 3.05) is 0 Å². The fourth-order valence-corrected chi connectivity index (χ4v) is 2.83. The third kappa shape index (κ3) is 3.71. The number of aldehydes is 1. The Morgan fingerprint density at radius 3 is 2.85 bits per heavy atom. The zero-order valence-corrected chi connectivity index (χ0v) is 12.4. The van der Waals surface area contributed by atoms with E-state index in [-0.39, 0.29) is 5.56 Å². The van der Waals surface area contributed by atoms with E-state index in [1.165, 1.54) is 17.8 Å². The average Bonchev–Trinajstić information content (AvgIpc) is 2.38. The van der Waals surface area contributed by atoms with Crippen molar-refractivity contribution >= 4 is 29.6 Å². The molecule has 0 saturated carbocycles. The maximum Gasteiger partial charge on any atom is 0.251 e. The molecule has 1 N–H and O–H groups in total. The number of halogens is 1. The van der Waals surface area contributed by atoms with Gasteiger partial charge in [0.05, 0.1) is 5.02 Å². The van der Waals surface area contributed by atoms with Crippen LogP contribution < -0.4 is 5.56 Å². The highest BCUT2D eigenvalue weighted by Gasteiger charge is 2.06. The molecule has 0 aliphatic rings. The van der Waals surface area contributed by atoms with Crippen LogP contribution in [0.3, 0.4) is 0 Å². The number of carbonyl (C=O) groups excluding carboxylic acids is 1. The summed E-state index contributed by atoms with van der Waals surface area (Å²) in [7, 11) is 0. The van der Waals surface area contributed by atoms with Gasteiger partial charge in [0.2, 0.25) is 0 Å². The van der Waals surface area contributed by atoms with Crippen molar-refractivity contribution in [3.8, 4) is 0 Å². The molecule has 4 nitrogen and oxygen atoms in total. The number of aromatic amines is 1. The first-order valence-electron chi connectivity index (χ1n) is 6.15. The standard InChI is InChI=1S/C14H13ClN2O2S/c1-2-3-10-6-13(19)17-14(16-10)20-11-5-4-9(8-18)12(15)7-11/h4-8H,2-3H2,1H3,(H,16,17,19). The Hall–Kier alpha value is -1.59. The fourth-order valence-electron chi connectivity index (χ4n) is 1.69. The van der Waals surface area contributed by atoms with Gasteiger partial charge in [-0.25, -0.2) is 4.98 Å². The predicted octanol–water partition coefficient (Wildman–Crippen LogP) is 3.34. The smallest absolute Gasteiger partial charge is 0.251 e. The van der Waals surface area contributed by atoms with Crippen molar-refractivity contribution in [1.82, 2.24) is 9.97 Å². The summed E-state index contributed by atoms with van der Waals surface area (Å²) in [4.78, 5) is 30.2. The molecule has 6 heteroatoms. The lowest BCUT2D eigenvalue weighted by molar-refractivity contribution is 0.112. The van der Waals surface area contributed by atoms with Gasteiger partial charge in [-0.05, 0) is 24.6 Å². The van der Waals surface area contributed by atoms with Crippen LogP contribution in [0.1, 0.15) is 29.4 Å². The van der Waals surface area contributed by atoms with Crippen LogP contribution in [0.4, 0.5) is 0 Å². The number of carbonyl (C=O) groups is 1. The molecule has 0 spiro atoms. The zero-order valence-electron chi connectivity index (χ0n) is 10.9. The molecule has 104 valence electrons. The number of hydrogen-bond donors (Lipinski definition) is 1. The Balaban J connectivity index is 2.27. The van der Waals surface area contributed by atoms with Crippen LogP contribution in [0.25, 0.3) is 0 Å². The molecule has 0 atom stereocenters. The highest BCUT2D eigenvalue weighted by atomic mass is 35.5. The number of hydrogen-bond acceptors (Lipinski definition) is 4. The summed E-state index contributed by atoms with van der Waals surface area (Å²) in [5.74, 6) is 0. The number of benzene rings is 1. The number of nitrogens with one attached hydrogen (secondary N) is 1. The molecular weight excluding hydrogens is 296 g/mol. The summed E-state index contributed by atoms with van der Waals surface area (Å²) in [5.41, 5.74) is 1.05. The lowest BCUT2D eigenvalue weighted by Crippen LogP contribution is -2.09. The monoisotopic (exact) mass is 308 g/mol. The van der Waals surface area contributed by atoms with Gasteiger partial charge in [0.1, 0.15) is 0 Å². The van der Waals surface area contributed by atoms with Gasteiger partial charge in [0, 0.05) is 22.2 Å². The molecule has 0 fully saturated rings. The van der Waals surface area contributed by atoms with Crippen LogP contribution in [0.2, 0.25) is 5.02 Å². The Morgan fingerprint density at radius 1 is 1.40 bits per heavy atom. The molecule has 1 heterocycles. The highest BCUT2D eigenvalue weighted by Crippen LogP contribution is 2.28. The zero-order chi connectivity index (χ0) is 14.5. The van der Waals surface area contributed by atoms with Crippen molar-refractivity contribution in [1.29, 1.82) is 0 Å². The van der Waals surface area contributed by atoms with Crippen LogP contribution in [-0.2, 0) is 6.42 Å². The van der Waals surface area contributed by atoms with E-state index in [0.717, 1.165) is 23.4 Å². The molecule has 0 bridgehead atoms. The summed E-state index contributed by atoms with van der Waals surface area (Å²) < 4.78 is 0. The molecular formula is C14H13ClN2O2S. The molecule has 0 aliphatic carbocycles. The van der Waals surface area contributed by atoms with Crippen molar-refractivity contribution in [2.24, 2.45) is 0 Å². The Labute approximate surface area is 125 Å². The minimum Gasteiger partial charge on any atom is -0.301 e. The first kappa shape index (κ1) is 14.8. The lowest BCUT2D eigenvalue weighted by Gasteiger charge is -2.04. The maximum absolute atomic E-state index is 11.6. The Kier molecular flexibility index (Phi) is 4.98. The molecule has 2 rings (SSSR count). The SMILES string of the molecule is CCCc1cc(=O)[nH]c(Sc2ccc(C=O)c(Cl)c2)n1. The van der Waals surface area contributed by atoms with Crippen molar-refractivity contribution in [3.63, 3.8) is 0 Å². The third-order valence-corrected chi connectivity index (χ3v) is 3.80.